The number of para-hydroxylation sites is 1. The Morgan fingerprint density at radius 3 is 2.58 bits per heavy atom. The number of nitrogens with zero attached hydrogens (tertiary/aromatic N) is 2. The maximum absolute atomic E-state index is 9.23. The summed E-state index contributed by atoms with van der Waals surface area (Å²) in [7, 11) is 2.02. The largest absolute Gasteiger partial charge is 0.369 e. The third-order valence-corrected chi connectivity index (χ3v) is 3.88. The highest BCUT2D eigenvalue weighted by atomic mass is 79.9. The molecule has 0 bridgehead atoms. The molecule has 96 valence electrons. The molecular weight excluding hydrogens is 300 g/mol. The van der Waals surface area contributed by atoms with Crippen molar-refractivity contribution < 1.29 is 0 Å². The summed E-state index contributed by atoms with van der Waals surface area (Å²) < 4.78 is 1.09. The zero-order valence-electron chi connectivity index (χ0n) is 11.0. The van der Waals surface area contributed by atoms with Gasteiger partial charge in [-0.3, -0.25) is 0 Å². The molecule has 0 heterocycles. The van der Waals surface area contributed by atoms with Gasteiger partial charge in [0.15, 0.2) is 0 Å². The monoisotopic (exact) mass is 314 g/mol. The lowest BCUT2D eigenvalue weighted by molar-refractivity contribution is 0.910. The highest BCUT2D eigenvalue weighted by molar-refractivity contribution is 9.10. The Labute approximate surface area is 122 Å². The quantitative estimate of drug-likeness (QED) is 0.846. The summed E-state index contributed by atoms with van der Waals surface area (Å²) in [6.07, 6.45) is 0. The first-order valence-corrected chi connectivity index (χ1v) is 6.87. The number of halogens is 1. The van der Waals surface area contributed by atoms with E-state index in [0.717, 1.165) is 27.8 Å². The van der Waals surface area contributed by atoms with Crippen LogP contribution in [0, 0.1) is 18.3 Å². The van der Waals surface area contributed by atoms with E-state index in [4.69, 9.17) is 0 Å². The van der Waals surface area contributed by atoms with Crippen LogP contribution in [0.3, 0.4) is 0 Å². The summed E-state index contributed by atoms with van der Waals surface area (Å²) in [5, 5.41) is 9.23. The number of hydrogen-bond acceptors (Lipinski definition) is 2. The molecule has 0 N–H and O–H groups in total. The van der Waals surface area contributed by atoms with Crippen molar-refractivity contribution in [2.45, 2.75) is 13.5 Å². The van der Waals surface area contributed by atoms with Crippen LogP contribution in [0.4, 0.5) is 5.69 Å². The van der Waals surface area contributed by atoms with E-state index in [1.54, 1.807) is 0 Å². The zero-order valence-corrected chi connectivity index (χ0v) is 12.6. The fourth-order valence-corrected chi connectivity index (χ4v) is 2.63. The number of hydrogen-bond donors (Lipinski definition) is 0. The molecule has 0 unspecified atom stereocenters. The van der Waals surface area contributed by atoms with Crippen LogP contribution in [0.25, 0.3) is 0 Å². The van der Waals surface area contributed by atoms with E-state index in [9.17, 15) is 5.26 Å². The fourth-order valence-electron chi connectivity index (χ4n) is 2.22. The van der Waals surface area contributed by atoms with Gasteiger partial charge in [0.25, 0.3) is 0 Å². The highest BCUT2D eigenvalue weighted by Crippen LogP contribution is 2.26. The summed E-state index contributed by atoms with van der Waals surface area (Å²) in [6, 6.07) is 16.2. The lowest BCUT2D eigenvalue weighted by Gasteiger charge is -2.23. The normalized spacial score (nSPS) is 10.0. The minimum absolute atomic E-state index is 0.717. The molecule has 2 nitrogen and oxygen atoms in total. The second kappa shape index (κ2) is 5.90. The van der Waals surface area contributed by atoms with Gasteiger partial charge < -0.3 is 4.90 Å². The van der Waals surface area contributed by atoms with Gasteiger partial charge in [0, 0.05) is 18.1 Å². The minimum Gasteiger partial charge on any atom is -0.369 e. The third-order valence-electron chi connectivity index (χ3n) is 3.11. The van der Waals surface area contributed by atoms with E-state index < -0.39 is 0 Å². The van der Waals surface area contributed by atoms with Gasteiger partial charge in [-0.2, -0.15) is 5.26 Å². The Balaban J connectivity index is 2.34. The standard InChI is InChI=1S/C16H15BrN2/c1-12-6-5-8-13(10-18)16(12)19(2)11-14-7-3-4-9-15(14)17/h3-9H,11H2,1-2H3. The van der Waals surface area contributed by atoms with E-state index in [0.29, 0.717) is 0 Å². The van der Waals surface area contributed by atoms with Crippen LogP contribution in [0.1, 0.15) is 16.7 Å². The van der Waals surface area contributed by atoms with Gasteiger partial charge in [-0.15, -0.1) is 0 Å². The lowest BCUT2D eigenvalue weighted by Crippen LogP contribution is -2.19. The van der Waals surface area contributed by atoms with Crippen LogP contribution < -0.4 is 4.90 Å². The molecule has 0 saturated heterocycles. The molecule has 0 amide bonds. The Morgan fingerprint density at radius 1 is 1.16 bits per heavy atom. The van der Waals surface area contributed by atoms with E-state index in [-0.39, 0.29) is 0 Å². The summed E-state index contributed by atoms with van der Waals surface area (Å²) in [5.74, 6) is 0. The fraction of sp³-hybridized carbons (Fsp3) is 0.188. The summed E-state index contributed by atoms with van der Waals surface area (Å²) in [4.78, 5) is 2.12. The molecule has 19 heavy (non-hydrogen) atoms. The average Bonchev–Trinajstić information content (AvgIpc) is 2.40. The van der Waals surface area contributed by atoms with Crippen molar-refractivity contribution >= 4 is 21.6 Å². The second-order valence-electron chi connectivity index (χ2n) is 4.53. The minimum atomic E-state index is 0.717. The number of anilines is 1. The van der Waals surface area contributed by atoms with Crippen LogP contribution in [-0.4, -0.2) is 7.05 Å². The molecule has 0 aliphatic carbocycles. The third kappa shape index (κ3) is 2.97. The maximum Gasteiger partial charge on any atom is 0.101 e. The molecule has 3 heteroatoms. The van der Waals surface area contributed by atoms with Gasteiger partial charge >= 0.3 is 0 Å². The Bertz CT molecular complexity index is 629. The molecular formula is C16H15BrN2. The van der Waals surface area contributed by atoms with Crippen molar-refractivity contribution in [2.75, 3.05) is 11.9 Å². The van der Waals surface area contributed by atoms with Crippen LogP contribution in [0.2, 0.25) is 0 Å². The number of nitriles is 1. The topological polar surface area (TPSA) is 27.0 Å². The second-order valence-corrected chi connectivity index (χ2v) is 5.38. The van der Waals surface area contributed by atoms with Crippen molar-refractivity contribution in [2.24, 2.45) is 0 Å². The van der Waals surface area contributed by atoms with Crippen molar-refractivity contribution in [1.29, 1.82) is 5.26 Å². The SMILES string of the molecule is Cc1cccc(C#N)c1N(C)Cc1ccccc1Br. The van der Waals surface area contributed by atoms with Crippen molar-refractivity contribution in [3.8, 4) is 6.07 Å². The summed E-state index contributed by atoms with van der Waals surface area (Å²) in [6.45, 7) is 2.80. The van der Waals surface area contributed by atoms with Crippen molar-refractivity contribution in [3.63, 3.8) is 0 Å². The number of benzene rings is 2. The highest BCUT2D eigenvalue weighted by Gasteiger charge is 2.11. The predicted molar refractivity (Wildman–Crippen MR) is 82.1 cm³/mol. The van der Waals surface area contributed by atoms with Crippen LogP contribution in [-0.2, 0) is 6.54 Å². The maximum atomic E-state index is 9.23. The van der Waals surface area contributed by atoms with E-state index >= 15 is 0 Å². The van der Waals surface area contributed by atoms with Gasteiger partial charge in [-0.1, -0.05) is 46.3 Å². The van der Waals surface area contributed by atoms with Crippen molar-refractivity contribution in [3.05, 3.63) is 63.6 Å². The molecule has 0 spiro atoms. The molecule has 0 saturated carbocycles. The number of rotatable bonds is 3. The van der Waals surface area contributed by atoms with Gasteiger partial charge in [0.2, 0.25) is 0 Å². The Morgan fingerprint density at radius 2 is 1.89 bits per heavy atom. The summed E-state index contributed by atoms with van der Waals surface area (Å²) >= 11 is 3.56. The Hall–Kier alpha value is -1.79. The van der Waals surface area contributed by atoms with Gasteiger partial charge in [-0.25, -0.2) is 0 Å². The molecule has 0 aliphatic heterocycles. The molecule has 2 aromatic carbocycles. The van der Waals surface area contributed by atoms with Crippen LogP contribution in [0.15, 0.2) is 46.9 Å². The van der Waals surface area contributed by atoms with Crippen molar-refractivity contribution in [1.82, 2.24) is 0 Å². The van der Waals surface area contributed by atoms with Gasteiger partial charge in [-0.05, 0) is 30.2 Å². The first-order valence-electron chi connectivity index (χ1n) is 6.07. The molecule has 2 aromatic rings. The predicted octanol–water partition coefficient (Wildman–Crippen LogP) is 4.27. The smallest absolute Gasteiger partial charge is 0.101 e. The average molecular weight is 315 g/mol. The molecule has 0 aliphatic rings. The molecule has 0 aromatic heterocycles. The summed E-state index contributed by atoms with van der Waals surface area (Å²) in [5.41, 5.74) is 4.04. The number of aryl methyl sites for hydroxylation is 1. The molecule has 2 rings (SSSR count). The first-order chi connectivity index (χ1) is 9.13. The van der Waals surface area contributed by atoms with E-state index in [1.165, 1.54) is 5.56 Å². The molecule has 0 fully saturated rings. The van der Waals surface area contributed by atoms with Gasteiger partial charge in [0.05, 0.1) is 11.3 Å². The zero-order chi connectivity index (χ0) is 13.8. The Kier molecular flexibility index (Phi) is 4.24. The molecule has 0 radical (unpaired) electrons. The lowest BCUT2D eigenvalue weighted by atomic mass is 10.1. The van der Waals surface area contributed by atoms with Crippen LogP contribution >= 0.6 is 15.9 Å². The van der Waals surface area contributed by atoms with E-state index in [2.05, 4.69) is 33.0 Å². The van der Waals surface area contributed by atoms with E-state index in [1.807, 2.05) is 50.4 Å². The van der Waals surface area contributed by atoms with Crippen LogP contribution in [0.5, 0.6) is 0 Å². The first kappa shape index (κ1) is 13.6. The van der Waals surface area contributed by atoms with Gasteiger partial charge in [0.1, 0.15) is 6.07 Å². The molecule has 0 atom stereocenters.